The third-order valence-corrected chi connectivity index (χ3v) is 7.37. The molecule has 30 heavy (non-hydrogen) atoms. The molecule has 0 aromatic heterocycles. The van der Waals surface area contributed by atoms with Crippen molar-refractivity contribution in [3.8, 4) is 0 Å². The zero-order valence-corrected chi connectivity index (χ0v) is 20.0. The summed E-state index contributed by atoms with van der Waals surface area (Å²) in [5.74, 6) is -1.16. The number of aliphatic hydroxyl groups is 1. The molecule has 0 amide bonds. The fourth-order valence-electron chi connectivity index (χ4n) is 5.18. The minimum absolute atomic E-state index is 0.0610. The Morgan fingerprint density at radius 3 is 2.80 bits per heavy atom. The molecule has 4 rings (SSSR count). The number of methoxy groups -OCH3 is 1. The first-order valence-electron chi connectivity index (χ1n) is 10.7. The molecule has 4 bridgehead atoms. The van der Waals surface area contributed by atoms with E-state index in [1.165, 1.54) is 7.11 Å². The van der Waals surface area contributed by atoms with Crippen LogP contribution in [-0.2, 0) is 28.5 Å². The van der Waals surface area contributed by atoms with Crippen LogP contribution in [-0.4, -0.2) is 72.1 Å². The molecule has 0 saturated carbocycles. The van der Waals surface area contributed by atoms with Gasteiger partial charge in [-0.2, -0.15) is 0 Å². The van der Waals surface area contributed by atoms with Crippen molar-refractivity contribution < 1.29 is 33.6 Å². The number of halogens is 2. The highest BCUT2D eigenvalue weighted by atomic mass is 127. The molecule has 7 nitrogen and oxygen atoms in total. The molecule has 9 heteroatoms. The summed E-state index contributed by atoms with van der Waals surface area (Å²) in [4.78, 5) is 11.7. The van der Waals surface area contributed by atoms with E-state index in [-0.39, 0.29) is 48.3 Å². The van der Waals surface area contributed by atoms with E-state index >= 15 is 0 Å². The molecule has 4 aliphatic rings. The lowest BCUT2D eigenvalue weighted by atomic mass is 9.86. The largest absolute Gasteiger partial charge is 0.469 e. The Balaban J connectivity index is 1.47. The summed E-state index contributed by atoms with van der Waals surface area (Å²) in [6.07, 6.45) is 2.68. The van der Waals surface area contributed by atoms with Gasteiger partial charge in [-0.1, -0.05) is 6.58 Å². The normalized spacial score (nSPS) is 43.4. The van der Waals surface area contributed by atoms with Crippen LogP contribution >= 0.6 is 34.2 Å². The molecular weight excluding hydrogens is 527 g/mol. The summed E-state index contributed by atoms with van der Waals surface area (Å²) in [5.41, 5.74) is 0. The maximum atomic E-state index is 11.7. The van der Waals surface area contributed by atoms with Gasteiger partial charge in [0.25, 0.3) is 0 Å². The SMILES string of the molecule is C=C(I)C[C@H](Cl)CC[C@]12CC(O)C(O1)C1C[C@@H](O2)C2O[C@@H](CC(=O)OC)CC[C@@H]2O1. The van der Waals surface area contributed by atoms with Crippen molar-refractivity contribution in [2.45, 2.75) is 105 Å². The highest BCUT2D eigenvalue weighted by Gasteiger charge is 2.59. The molecule has 4 fully saturated rings. The molecule has 0 aliphatic carbocycles. The van der Waals surface area contributed by atoms with Crippen molar-refractivity contribution in [1.29, 1.82) is 0 Å². The highest BCUT2D eigenvalue weighted by Crippen LogP contribution is 2.48. The molecule has 9 atom stereocenters. The zero-order chi connectivity index (χ0) is 21.5. The number of allylic oxidation sites excluding steroid dienone is 1. The van der Waals surface area contributed by atoms with Gasteiger partial charge in [0, 0.05) is 24.6 Å². The second kappa shape index (κ2) is 9.49. The molecular formula is C21H30ClIO7. The first-order chi connectivity index (χ1) is 14.3. The Morgan fingerprint density at radius 2 is 2.07 bits per heavy atom. The van der Waals surface area contributed by atoms with E-state index in [1.807, 2.05) is 0 Å². The van der Waals surface area contributed by atoms with Crippen LogP contribution < -0.4 is 0 Å². The van der Waals surface area contributed by atoms with Gasteiger partial charge in [0.1, 0.15) is 12.2 Å². The highest BCUT2D eigenvalue weighted by molar-refractivity contribution is 14.1. The van der Waals surface area contributed by atoms with Crippen molar-refractivity contribution in [3.05, 3.63) is 10.2 Å². The van der Waals surface area contributed by atoms with Crippen LogP contribution in [0, 0.1) is 0 Å². The third-order valence-electron chi connectivity index (χ3n) is 6.56. The minimum Gasteiger partial charge on any atom is -0.469 e. The first-order valence-corrected chi connectivity index (χ1v) is 12.2. The first kappa shape index (κ1) is 23.2. The molecule has 0 radical (unpaired) electrons. The molecule has 4 aliphatic heterocycles. The lowest BCUT2D eigenvalue weighted by Crippen LogP contribution is -2.58. The van der Waals surface area contributed by atoms with Gasteiger partial charge in [0.05, 0.1) is 44.1 Å². The van der Waals surface area contributed by atoms with E-state index in [0.29, 0.717) is 25.7 Å². The fourth-order valence-corrected chi connectivity index (χ4v) is 6.27. The molecule has 0 spiro atoms. The number of esters is 1. The molecule has 4 saturated heterocycles. The van der Waals surface area contributed by atoms with Crippen LogP contribution in [0.15, 0.2) is 10.2 Å². The fraction of sp³-hybridized carbons (Fsp3) is 0.857. The average molecular weight is 557 g/mol. The Morgan fingerprint density at radius 1 is 1.27 bits per heavy atom. The monoisotopic (exact) mass is 556 g/mol. The number of alkyl halides is 1. The summed E-state index contributed by atoms with van der Waals surface area (Å²) in [5, 5.41) is 10.6. The number of hydrogen-bond donors (Lipinski definition) is 1. The topological polar surface area (TPSA) is 83.5 Å². The Labute approximate surface area is 195 Å². The van der Waals surface area contributed by atoms with Crippen LogP contribution in [0.5, 0.6) is 0 Å². The Kier molecular flexibility index (Phi) is 7.34. The lowest BCUT2D eigenvalue weighted by molar-refractivity contribution is -0.276. The van der Waals surface area contributed by atoms with Crippen LogP contribution in [0.4, 0.5) is 0 Å². The van der Waals surface area contributed by atoms with Gasteiger partial charge < -0.3 is 28.8 Å². The van der Waals surface area contributed by atoms with Gasteiger partial charge in [-0.25, -0.2) is 0 Å². The van der Waals surface area contributed by atoms with Crippen molar-refractivity contribution in [2.24, 2.45) is 0 Å². The van der Waals surface area contributed by atoms with E-state index in [0.717, 1.165) is 22.8 Å². The summed E-state index contributed by atoms with van der Waals surface area (Å²) in [6.45, 7) is 3.92. The Hall–Kier alpha value is 0.0300. The van der Waals surface area contributed by atoms with Crippen molar-refractivity contribution in [3.63, 3.8) is 0 Å². The molecule has 1 N–H and O–H groups in total. The number of hydrogen-bond acceptors (Lipinski definition) is 7. The zero-order valence-electron chi connectivity index (χ0n) is 17.1. The van der Waals surface area contributed by atoms with E-state index in [1.54, 1.807) is 0 Å². The maximum absolute atomic E-state index is 11.7. The van der Waals surface area contributed by atoms with Crippen LogP contribution in [0.1, 0.15) is 51.4 Å². The quantitative estimate of drug-likeness (QED) is 0.293. The van der Waals surface area contributed by atoms with Crippen LogP contribution in [0.3, 0.4) is 0 Å². The number of fused-ring (bicyclic) bond motifs is 7. The smallest absolute Gasteiger partial charge is 0.308 e. The maximum Gasteiger partial charge on any atom is 0.308 e. The van der Waals surface area contributed by atoms with E-state index in [2.05, 4.69) is 29.2 Å². The summed E-state index contributed by atoms with van der Waals surface area (Å²) >= 11 is 8.66. The van der Waals surface area contributed by atoms with Crippen molar-refractivity contribution in [2.75, 3.05) is 7.11 Å². The average Bonchev–Trinajstić information content (AvgIpc) is 2.95. The van der Waals surface area contributed by atoms with Gasteiger partial charge in [-0.15, -0.1) is 11.6 Å². The predicted octanol–water partition coefficient (Wildman–Crippen LogP) is 3.23. The van der Waals surface area contributed by atoms with Gasteiger partial charge in [-0.05, 0) is 51.9 Å². The van der Waals surface area contributed by atoms with Crippen molar-refractivity contribution >= 4 is 40.2 Å². The molecule has 0 aromatic rings. The third kappa shape index (κ3) is 5.00. The van der Waals surface area contributed by atoms with E-state index in [9.17, 15) is 9.90 Å². The van der Waals surface area contributed by atoms with E-state index in [4.69, 9.17) is 35.3 Å². The number of rotatable bonds is 7. The Bertz CT molecular complexity index is 663. The van der Waals surface area contributed by atoms with Crippen LogP contribution in [0.2, 0.25) is 0 Å². The van der Waals surface area contributed by atoms with Gasteiger partial charge in [0.15, 0.2) is 5.79 Å². The number of ether oxygens (including phenoxy) is 5. The van der Waals surface area contributed by atoms with Crippen LogP contribution in [0.25, 0.3) is 0 Å². The second-order valence-electron chi connectivity index (χ2n) is 8.81. The summed E-state index contributed by atoms with van der Waals surface area (Å²) in [6, 6.07) is 0. The molecule has 4 heterocycles. The van der Waals surface area contributed by atoms with Gasteiger partial charge in [-0.3, -0.25) is 4.79 Å². The second-order valence-corrected chi connectivity index (χ2v) is 11.0. The summed E-state index contributed by atoms with van der Waals surface area (Å²) in [7, 11) is 1.39. The minimum atomic E-state index is -0.889. The number of carbonyl (C=O) groups excluding carboxylic acids is 1. The number of carbonyl (C=O) groups is 1. The van der Waals surface area contributed by atoms with E-state index < -0.39 is 18.0 Å². The van der Waals surface area contributed by atoms with Gasteiger partial charge in [0.2, 0.25) is 0 Å². The predicted molar refractivity (Wildman–Crippen MR) is 118 cm³/mol. The number of aliphatic hydroxyl groups excluding tert-OH is 1. The molecule has 0 aromatic carbocycles. The lowest BCUT2D eigenvalue weighted by Gasteiger charge is -2.47. The summed E-state index contributed by atoms with van der Waals surface area (Å²) < 4.78 is 31.2. The standard InChI is InChI=1S/C21H30ClIO7/c1-11(23)7-12(22)5-6-21-10-14(24)19(30-21)16-9-17(29-21)20-15(28-16)4-3-13(27-20)8-18(25)26-2/h12-17,19-20,24H,1,3-10H2,2H3/t12-,13-,14?,15+,16?,17-,19?,20?,21-/m1/s1. The molecule has 170 valence electrons. The van der Waals surface area contributed by atoms with Gasteiger partial charge >= 0.3 is 5.97 Å². The molecule has 4 unspecified atom stereocenters. The van der Waals surface area contributed by atoms with Crippen molar-refractivity contribution in [1.82, 2.24) is 0 Å².